The average Bonchev–Trinajstić information content (AvgIpc) is 2.69. The predicted molar refractivity (Wildman–Crippen MR) is 101 cm³/mol. The number of fused-ring (bicyclic) bond motifs is 1. The van der Waals surface area contributed by atoms with E-state index in [1.54, 1.807) is 12.3 Å². The van der Waals surface area contributed by atoms with Crippen molar-refractivity contribution >= 4 is 17.3 Å². The molecule has 124 valence electrons. The highest BCUT2D eigenvalue weighted by molar-refractivity contribution is 6.04. The van der Waals surface area contributed by atoms with E-state index < -0.39 is 0 Å². The third-order valence-electron chi connectivity index (χ3n) is 4.40. The normalized spacial score (nSPS) is 12.8. The van der Waals surface area contributed by atoms with Crippen LogP contribution in [-0.2, 0) is 6.42 Å². The Morgan fingerprint density at radius 3 is 2.72 bits per heavy atom. The van der Waals surface area contributed by atoms with Crippen LogP contribution in [0.1, 0.15) is 22.3 Å². The Labute approximate surface area is 146 Å². The van der Waals surface area contributed by atoms with Crippen molar-refractivity contribution in [1.29, 1.82) is 0 Å². The van der Waals surface area contributed by atoms with E-state index >= 15 is 0 Å². The standard InChI is InChI=1S/C21H19N3O/c25-21(24-18-10-8-16-7-4-12-22-20(16)13-18)17-9-11-19(23-14-17)15-5-2-1-3-6-15/h1-3,5-6,8-11,13-14,22H,4,7,12H2,(H,24,25). The van der Waals surface area contributed by atoms with Crippen LogP contribution in [-0.4, -0.2) is 17.4 Å². The number of aromatic nitrogens is 1. The third-order valence-corrected chi connectivity index (χ3v) is 4.40. The van der Waals surface area contributed by atoms with Crippen molar-refractivity contribution in [3.05, 3.63) is 78.0 Å². The zero-order valence-electron chi connectivity index (χ0n) is 13.8. The monoisotopic (exact) mass is 329 g/mol. The summed E-state index contributed by atoms with van der Waals surface area (Å²) in [5.41, 5.74) is 5.65. The van der Waals surface area contributed by atoms with Crippen molar-refractivity contribution in [2.45, 2.75) is 12.8 Å². The fourth-order valence-corrected chi connectivity index (χ4v) is 3.05. The molecule has 1 aliphatic rings. The van der Waals surface area contributed by atoms with E-state index in [-0.39, 0.29) is 5.91 Å². The maximum atomic E-state index is 12.5. The van der Waals surface area contributed by atoms with Gasteiger partial charge in [-0.05, 0) is 42.7 Å². The summed E-state index contributed by atoms with van der Waals surface area (Å²) in [7, 11) is 0. The van der Waals surface area contributed by atoms with E-state index in [2.05, 4.69) is 21.7 Å². The van der Waals surface area contributed by atoms with Crippen LogP contribution >= 0.6 is 0 Å². The molecule has 0 radical (unpaired) electrons. The lowest BCUT2D eigenvalue weighted by Gasteiger charge is -2.18. The highest BCUT2D eigenvalue weighted by Crippen LogP contribution is 2.25. The van der Waals surface area contributed by atoms with Crippen LogP contribution in [0.5, 0.6) is 0 Å². The molecular weight excluding hydrogens is 310 g/mol. The molecule has 4 nitrogen and oxygen atoms in total. The van der Waals surface area contributed by atoms with Crippen molar-refractivity contribution in [2.24, 2.45) is 0 Å². The fourth-order valence-electron chi connectivity index (χ4n) is 3.05. The molecule has 0 unspecified atom stereocenters. The largest absolute Gasteiger partial charge is 0.385 e. The first-order valence-corrected chi connectivity index (χ1v) is 8.49. The maximum absolute atomic E-state index is 12.5. The van der Waals surface area contributed by atoms with Crippen LogP contribution in [0.3, 0.4) is 0 Å². The number of hydrogen-bond donors (Lipinski definition) is 2. The molecule has 4 rings (SSSR count). The molecule has 2 N–H and O–H groups in total. The zero-order chi connectivity index (χ0) is 17.1. The molecule has 0 saturated carbocycles. The molecule has 2 aromatic carbocycles. The first-order valence-electron chi connectivity index (χ1n) is 8.49. The molecule has 0 atom stereocenters. The van der Waals surface area contributed by atoms with E-state index in [0.29, 0.717) is 5.56 Å². The highest BCUT2D eigenvalue weighted by atomic mass is 16.1. The van der Waals surface area contributed by atoms with Crippen molar-refractivity contribution in [2.75, 3.05) is 17.2 Å². The summed E-state index contributed by atoms with van der Waals surface area (Å²) in [6.45, 7) is 0.981. The molecule has 2 heterocycles. The van der Waals surface area contributed by atoms with Crippen LogP contribution in [0, 0.1) is 0 Å². The molecule has 0 spiro atoms. The molecular formula is C21H19N3O. The molecule has 0 bridgehead atoms. The molecule has 1 aromatic heterocycles. The first kappa shape index (κ1) is 15.4. The number of anilines is 2. The van der Waals surface area contributed by atoms with Gasteiger partial charge >= 0.3 is 0 Å². The van der Waals surface area contributed by atoms with Gasteiger partial charge in [-0.1, -0.05) is 36.4 Å². The van der Waals surface area contributed by atoms with Crippen LogP contribution in [0.25, 0.3) is 11.3 Å². The number of carbonyl (C=O) groups excluding carboxylic acids is 1. The number of aryl methyl sites for hydroxylation is 1. The van der Waals surface area contributed by atoms with Crippen molar-refractivity contribution in [3.63, 3.8) is 0 Å². The van der Waals surface area contributed by atoms with Gasteiger partial charge in [0.1, 0.15) is 0 Å². The Morgan fingerprint density at radius 2 is 1.92 bits per heavy atom. The van der Waals surface area contributed by atoms with Gasteiger partial charge in [-0.2, -0.15) is 0 Å². The molecule has 1 aliphatic heterocycles. The number of carbonyl (C=O) groups is 1. The summed E-state index contributed by atoms with van der Waals surface area (Å²) in [6, 6.07) is 19.6. The second-order valence-corrected chi connectivity index (χ2v) is 6.15. The van der Waals surface area contributed by atoms with Gasteiger partial charge in [0.05, 0.1) is 11.3 Å². The minimum atomic E-state index is -0.150. The van der Waals surface area contributed by atoms with Gasteiger partial charge in [-0.25, -0.2) is 0 Å². The van der Waals surface area contributed by atoms with Gasteiger partial charge in [0.2, 0.25) is 0 Å². The van der Waals surface area contributed by atoms with Crippen LogP contribution in [0.15, 0.2) is 66.9 Å². The minimum absolute atomic E-state index is 0.150. The smallest absolute Gasteiger partial charge is 0.257 e. The summed E-state index contributed by atoms with van der Waals surface area (Å²) in [5, 5.41) is 6.33. The van der Waals surface area contributed by atoms with Gasteiger partial charge in [0.15, 0.2) is 0 Å². The Kier molecular flexibility index (Phi) is 4.17. The number of nitrogens with one attached hydrogen (secondary N) is 2. The molecule has 25 heavy (non-hydrogen) atoms. The van der Waals surface area contributed by atoms with Crippen LogP contribution in [0.4, 0.5) is 11.4 Å². The lowest BCUT2D eigenvalue weighted by atomic mass is 10.0. The Balaban J connectivity index is 1.49. The van der Waals surface area contributed by atoms with Gasteiger partial charge in [-0.15, -0.1) is 0 Å². The van der Waals surface area contributed by atoms with E-state index in [0.717, 1.165) is 42.0 Å². The lowest BCUT2D eigenvalue weighted by Crippen LogP contribution is -2.15. The first-order chi connectivity index (χ1) is 12.3. The predicted octanol–water partition coefficient (Wildman–Crippen LogP) is 4.36. The lowest BCUT2D eigenvalue weighted by molar-refractivity contribution is 0.102. The van der Waals surface area contributed by atoms with E-state index in [1.165, 1.54) is 5.56 Å². The van der Waals surface area contributed by atoms with Gasteiger partial charge in [0.25, 0.3) is 5.91 Å². The third kappa shape index (κ3) is 3.38. The number of amides is 1. The average molecular weight is 329 g/mol. The van der Waals surface area contributed by atoms with Crippen LogP contribution < -0.4 is 10.6 Å². The summed E-state index contributed by atoms with van der Waals surface area (Å²) in [4.78, 5) is 16.9. The second-order valence-electron chi connectivity index (χ2n) is 6.15. The van der Waals surface area contributed by atoms with E-state index in [9.17, 15) is 4.79 Å². The summed E-state index contributed by atoms with van der Waals surface area (Å²) >= 11 is 0. The number of pyridine rings is 1. The van der Waals surface area contributed by atoms with Gasteiger partial charge < -0.3 is 10.6 Å². The van der Waals surface area contributed by atoms with E-state index in [1.807, 2.05) is 48.5 Å². The zero-order valence-corrected chi connectivity index (χ0v) is 13.8. The minimum Gasteiger partial charge on any atom is -0.385 e. The molecule has 3 aromatic rings. The fraction of sp³-hybridized carbons (Fsp3) is 0.143. The van der Waals surface area contributed by atoms with Crippen LogP contribution in [0.2, 0.25) is 0 Å². The molecule has 0 saturated heterocycles. The second kappa shape index (κ2) is 6.77. The number of nitrogens with zero attached hydrogens (tertiary/aromatic N) is 1. The molecule has 1 amide bonds. The Morgan fingerprint density at radius 1 is 1.04 bits per heavy atom. The van der Waals surface area contributed by atoms with Crippen molar-refractivity contribution in [1.82, 2.24) is 4.98 Å². The van der Waals surface area contributed by atoms with Gasteiger partial charge in [-0.3, -0.25) is 9.78 Å². The number of rotatable bonds is 3. The summed E-state index contributed by atoms with van der Waals surface area (Å²) < 4.78 is 0. The molecule has 4 heteroatoms. The molecule has 0 aliphatic carbocycles. The van der Waals surface area contributed by atoms with Crippen molar-refractivity contribution < 1.29 is 4.79 Å². The Bertz CT molecular complexity index is 889. The number of hydrogen-bond acceptors (Lipinski definition) is 3. The van der Waals surface area contributed by atoms with E-state index in [4.69, 9.17) is 0 Å². The maximum Gasteiger partial charge on any atom is 0.257 e. The quantitative estimate of drug-likeness (QED) is 0.751. The Hall–Kier alpha value is -3.14. The number of benzene rings is 2. The summed E-state index contributed by atoms with van der Waals surface area (Å²) in [5.74, 6) is -0.150. The topological polar surface area (TPSA) is 54.0 Å². The highest BCUT2D eigenvalue weighted by Gasteiger charge is 2.11. The summed E-state index contributed by atoms with van der Waals surface area (Å²) in [6.07, 6.45) is 3.86. The van der Waals surface area contributed by atoms with Crippen molar-refractivity contribution in [3.8, 4) is 11.3 Å². The SMILES string of the molecule is O=C(Nc1ccc2c(c1)NCCC2)c1ccc(-c2ccccc2)nc1. The molecule has 0 fully saturated rings. The van der Waals surface area contributed by atoms with Gasteiger partial charge in [0, 0.05) is 29.7 Å².